The molecule has 1 aromatic heterocycles. The quantitative estimate of drug-likeness (QED) is 0.188. The molecule has 1 aliphatic carbocycles. The van der Waals surface area contributed by atoms with Crippen molar-refractivity contribution >= 4 is 21.8 Å². The first-order valence-corrected chi connectivity index (χ1v) is 15.9. The molecule has 0 saturated carbocycles. The van der Waals surface area contributed by atoms with Crippen molar-refractivity contribution in [2.75, 3.05) is 0 Å². The first kappa shape index (κ1) is 26.7. The number of nitrogens with zero attached hydrogens (tertiary/aromatic N) is 1. The van der Waals surface area contributed by atoms with Crippen LogP contribution >= 0.6 is 0 Å². The Bertz CT molecular complexity index is 2060. The first-order chi connectivity index (χ1) is 21.6. The lowest BCUT2D eigenvalue weighted by Crippen LogP contribution is -2.19. The molecule has 0 bridgehead atoms. The number of aromatic nitrogens is 1. The van der Waals surface area contributed by atoms with Gasteiger partial charge >= 0.3 is 0 Å². The van der Waals surface area contributed by atoms with E-state index in [1.54, 1.807) is 0 Å². The molecule has 1 nitrogen and oxygen atoms in total. The Morgan fingerprint density at radius 1 is 0.568 bits per heavy atom. The lowest BCUT2D eigenvalue weighted by molar-refractivity contribution is 0.614. The minimum Gasteiger partial charge on any atom is -0.309 e. The topological polar surface area (TPSA) is 4.93 Å². The molecule has 0 radical (unpaired) electrons. The maximum Gasteiger partial charge on any atom is 0.0541 e. The van der Waals surface area contributed by atoms with Gasteiger partial charge in [0.1, 0.15) is 0 Å². The van der Waals surface area contributed by atoms with Crippen LogP contribution in [0.15, 0.2) is 146 Å². The summed E-state index contributed by atoms with van der Waals surface area (Å²) in [4.78, 5) is 0. The number of aryl methyl sites for hydroxylation is 1. The Labute approximate surface area is 260 Å². The summed E-state index contributed by atoms with van der Waals surface area (Å²) < 4.78 is 2.39. The maximum atomic E-state index is 2.39. The third-order valence-corrected chi connectivity index (χ3v) is 10.1. The molecule has 6 aromatic carbocycles. The zero-order chi connectivity index (χ0) is 29.7. The van der Waals surface area contributed by atoms with Crippen LogP contribution < -0.4 is 0 Å². The van der Waals surface area contributed by atoms with Crippen LogP contribution in [0.4, 0.5) is 0 Å². The molecule has 0 aliphatic heterocycles. The molecule has 0 fully saturated rings. The monoisotopic (exact) mass is 567 g/mol. The molecular formula is C43H37N. The van der Waals surface area contributed by atoms with Crippen LogP contribution in [0.1, 0.15) is 54.0 Å². The molecule has 0 amide bonds. The van der Waals surface area contributed by atoms with E-state index in [-0.39, 0.29) is 5.41 Å². The molecular weight excluding hydrogens is 530 g/mol. The number of rotatable bonds is 6. The van der Waals surface area contributed by atoms with Gasteiger partial charge in [-0.3, -0.25) is 0 Å². The Morgan fingerprint density at radius 2 is 1.11 bits per heavy atom. The van der Waals surface area contributed by atoms with Crippen LogP contribution in [0.5, 0.6) is 0 Å². The molecule has 1 heteroatoms. The van der Waals surface area contributed by atoms with Crippen LogP contribution in [0, 0.1) is 0 Å². The van der Waals surface area contributed by atoms with Crippen LogP contribution in [0.2, 0.25) is 0 Å². The van der Waals surface area contributed by atoms with Crippen LogP contribution in [0.25, 0.3) is 38.6 Å². The van der Waals surface area contributed by atoms with E-state index in [4.69, 9.17) is 0 Å². The van der Waals surface area contributed by atoms with Gasteiger partial charge in [0.2, 0.25) is 0 Å². The maximum absolute atomic E-state index is 2.39. The summed E-state index contributed by atoms with van der Waals surface area (Å²) in [5.41, 5.74) is 13.5. The summed E-state index contributed by atoms with van der Waals surface area (Å²) in [6.45, 7) is 4.68. The van der Waals surface area contributed by atoms with Gasteiger partial charge in [0.15, 0.2) is 0 Å². The zero-order valence-electron chi connectivity index (χ0n) is 25.5. The Hall–Kier alpha value is -4.88. The molecule has 214 valence electrons. The highest BCUT2D eigenvalue weighted by molar-refractivity contribution is 6.09. The summed E-state index contributed by atoms with van der Waals surface area (Å²) in [7, 11) is 0. The molecule has 1 aliphatic rings. The highest BCUT2D eigenvalue weighted by atomic mass is 15.0. The van der Waals surface area contributed by atoms with Gasteiger partial charge in [-0.2, -0.15) is 0 Å². The van der Waals surface area contributed by atoms with Gasteiger partial charge in [-0.1, -0.05) is 135 Å². The van der Waals surface area contributed by atoms with Crippen molar-refractivity contribution in [1.82, 2.24) is 4.57 Å². The zero-order valence-corrected chi connectivity index (χ0v) is 25.5. The Balaban J connectivity index is 1.02. The summed E-state index contributed by atoms with van der Waals surface area (Å²) in [5.74, 6) is 0.560. The first-order valence-electron chi connectivity index (χ1n) is 15.9. The van der Waals surface area contributed by atoms with E-state index in [0.717, 1.165) is 19.3 Å². The predicted molar refractivity (Wildman–Crippen MR) is 186 cm³/mol. The molecule has 1 unspecified atom stereocenters. The standard InChI is InChI=1S/C43H37N/c1-43(2,34-25-27-35(28-26-34)44-41-17-9-7-15-39(41)40-16-8-10-18-42(40)44)33-23-20-30(21-24-33)19-22-32-29-31-11-3-4-12-36(31)38-14-6-5-13-37(32)38/h3-18,20-21,23-28,32H,19,22,29H2,1-2H3. The molecule has 0 spiro atoms. The minimum atomic E-state index is -0.0933. The van der Waals surface area contributed by atoms with Gasteiger partial charge < -0.3 is 4.57 Å². The van der Waals surface area contributed by atoms with E-state index < -0.39 is 0 Å². The molecule has 1 atom stereocenters. The fourth-order valence-electron chi connectivity index (χ4n) is 7.52. The number of benzene rings is 6. The van der Waals surface area contributed by atoms with Crippen LogP contribution in [0.3, 0.4) is 0 Å². The van der Waals surface area contributed by atoms with Crippen molar-refractivity contribution in [3.8, 4) is 16.8 Å². The molecule has 0 saturated heterocycles. The van der Waals surface area contributed by atoms with Crippen molar-refractivity contribution in [3.63, 3.8) is 0 Å². The summed E-state index contributed by atoms with van der Waals surface area (Å²) in [6, 6.07) is 54.0. The number of para-hydroxylation sites is 2. The normalized spacial score (nSPS) is 14.5. The van der Waals surface area contributed by atoms with Crippen LogP contribution in [-0.2, 0) is 18.3 Å². The van der Waals surface area contributed by atoms with E-state index in [9.17, 15) is 0 Å². The fraction of sp³-hybridized carbons (Fsp3) is 0.163. The molecule has 0 N–H and O–H groups in total. The van der Waals surface area contributed by atoms with Crippen molar-refractivity contribution in [1.29, 1.82) is 0 Å². The molecule has 1 heterocycles. The summed E-state index contributed by atoms with van der Waals surface area (Å²) in [6.07, 6.45) is 3.39. The van der Waals surface area contributed by atoms with E-state index in [1.165, 1.54) is 66.4 Å². The van der Waals surface area contributed by atoms with Gasteiger partial charge in [-0.05, 0) is 88.4 Å². The fourth-order valence-corrected chi connectivity index (χ4v) is 7.52. The van der Waals surface area contributed by atoms with Crippen molar-refractivity contribution in [2.24, 2.45) is 0 Å². The second-order valence-corrected chi connectivity index (χ2v) is 12.9. The van der Waals surface area contributed by atoms with E-state index >= 15 is 0 Å². The average Bonchev–Trinajstić information content (AvgIpc) is 3.42. The summed E-state index contributed by atoms with van der Waals surface area (Å²) in [5, 5.41) is 2.59. The number of fused-ring (bicyclic) bond motifs is 6. The van der Waals surface area contributed by atoms with Crippen molar-refractivity contribution in [3.05, 3.63) is 173 Å². The highest BCUT2D eigenvalue weighted by Crippen LogP contribution is 2.41. The smallest absolute Gasteiger partial charge is 0.0541 e. The average molecular weight is 568 g/mol. The largest absolute Gasteiger partial charge is 0.309 e. The summed E-state index contributed by atoms with van der Waals surface area (Å²) >= 11 is 0. The van der Waals surface area contributed by atoms with E-state index in [1.807, 2.05) is 0 Å². The van der Waals surface area contributed by atoms with Crippen molar-refractivity contribution < 1.29 is 0 Å². The molecule has 7 aromatic rings. The lowest BCUT2D eigenvalue weighted by Gasteiger charge is -2.28. The van der Waals surface area contributed by atoms with E-state index in [2.05, 4.69) is 164 Å². The minimum absolute atomic E-state index is 0.0933. The molecule has 44 heavy (non-hydrogen) atoms. The SMILES string of the molecule is CC(C)(c1ccc(CCC2Cc3ccccc3-c3ccccc32)cc1)c1ccc(-n2c3ccccc3c3ccccc32)cc1. The predicted octanol–water partition coefficient (Wildman–Crippen LogP) is 11.0. The second-order valence-electron chi connectivity index (χ2n) is 12.9. The Morgan fingerprint density at radius 3 is 1.80 bits per heavy atom. The number of hydrogen-bond donors (Lipinski definition) is 0. The van der Waals surface area contributed by atoms with Crippen molar-refractivity contribution in [2.45, 2.75) is 44.4 Å². The van der Waals surface area contributed by atoms with Gasteiger partial charge in [0.25, 0.3) is 0 Å². The third kappa shape index (κ3) is 4.47. The van der Waals surface area contributed by atoms with Gasteiger partial charge in [-0.15, -0.1) is 0 Å². The lowest BCUT2D eigenvalue weighted by atomic mass is 9.76. The third-order valence-electron chi connectivity index (χ3n) is 10.1. The van der Waals surface area contributed by atoms with Gasteiger partial charge in [0.05, 0.1) is 11.0 Å². The Kier molecular flexibility index (Phi) is 6.49. The van der Waals surface area contributed by atoms with E-state index in [0.29, 0.717) is 5.92 Å². The van der Waals surface area contributed by atoms with Crippen LogP contribution in [-0.4, -0.2) is 4.57 Å². The number of hydrogen-bond acceptors (Lipinski definition) is 0. The van der Waals surface area contributed by atoms with Gasteiger partial charge in [0, 0.05) is 21.9 Å². The van der Waals surface area contributed by atoms with Gasteiger partial charge in [-0.25, -0.2) is 0 Å². The highest BCUT2D eigenvalue weighted by Gasteiger charge is 2.25. The second kappa shape index (κ2) is 10.7. The molecule has 8 rings (SSSR count).